The number of nitrogens with one attached hydrogen (secondary N) is 1. The molecule has 8 heteroatoms. The average molecular weight is 498 g/mol. The molecule has 0 saturated carbocycles. The van der Waals surface area contributed by atoms with E-state index in [4.69, 9.17) is 9.52 Å². The monoisotopic (exact) mass is 497 g/mol. The average Bonchev–Trinajstić information content (AvgIpc) is 3.51. The van der Waals surface area contributed by atoms with Crippen molar-refractivity contribution in [2.24, 2.45) is 0 Å². The lowest BCUT2D eigenvalue weighted by Gasteiger charge is -2.04. The molecule has 2 heterocycles. The van der Waals surface area contributed by atoms with E-state index in [0.717, 1.165) is 34.0 Å². The summed E-state index contributed by atoms with van der Waals surface area (Å²) in [6.07, 6.45) is 6.17. The minimum Gasteiger partial charge on any atom is -0.454 e. The molecule has 0 aliphatic carbocycles. The first kappa shape index (κ1) is 23.3. The van der Waals surface area contributed by atoms with Gasteiger partial charge < -0.3 is 9.73 Å². The molecule has 0 aliphatic heterocycles. The van der Waals surface area contributed by atoms with E-state index in [9.17, 15) is 13.2 Å². The molecule has 0 unspecified atom stereocenters. The van der Waals surface area contributed by atoms with Gasteiger partial charge >= 0.3 is 0 Å². The zero-order chi connectivity index (χ0) is 25.1. The molecule has 5 rings (SSSR count). The van der Waals surface area contributed by atoms with E-state index in [-0.39, 0.29) is 17.3 Å². The Labute approximate surface area is 208 Å². The fourth-order valence-electron chi connectivity index (χ4n) is 3.78. The number of para-hydroxylation sites is 2. The van der Waals surface area contributed by atoms with Crippen molar-refractivity contribution in [1.29, 1.82) is 0 Å². The predicted molar refractivity (Wildman–Crippen MR) is 139 cm³/mol. The number of rotatable bonds is 7. The molecule has 1 N–H and O–H groups in total. The summed E-state index contributed by atoms with van der Waals surface area (Å²) in [5.41, 5.74) is 3.79. The van der Waals surface area contributed by atoms with Crippen molar-refractivity contribution in [2.45, 2.75) is 11.4 Å². The van der Waals surface area contributed by atoms with Crippen molar-refractivity contribution in [2.75, 3.05) is 6.26 Å². The topological polar surface area (TPSA) is 94.2 Å². The number of amides is 1. The highest BCUT2D eigenvalue weighted by atomic mass is 32.2. The van der Waals surface area contributed by atoms with Crippen molar-refractivity contribution in [3.05, 3.63) is 108 Å². The number of hydrogen-bond donors (Lipinski definition) is 1. The molecule has 0 aliphatic rings. The Hall–Kier alpha value is -4.43. The fourth-order valence-corrected chi connectivity index (χ4v) is 4.41. The first-order chi connectivity index (χ1) is 17.4. The molecule has 0 atom stereocenters. The quantitative estimate of drug-likeness (QED) is 0.319. The number of benzene rings is 3. The number of carbonyl (C=O) groups is 1. The van der Waals surface area contributed by atoms with E-state index < -0.39 is 9.84 Å². The highest BCUT2D eigenvalue weighted by Crippen LogP contribution is 2.30. The Balaban J connectivity index is 1.38. The van der Waals surface area contributed by atoms with E-state index in [1.54, 1.807) is 22.9 Å². The van der Waals surface area contributed by atoms with Gasteiger partial charge in [-0.3, -0.25) is 4.79 Å². The number of fused-ring (bicyclic) bond motifs is 1. The number of hydrogen-bond acceptors (Lipinski definition) is 5. The first-order valence-electron chi connectivity index (χ1n) is 11.3. The lowest BCUT2D eigenvalue weighted by Crippen LogP contribution is -2.20. The highest BCUT2D eigenvalue weighted by molar-refractivity contribution is 7.90. The van der Waals surface area contributed by atoms with Crippen LogP contribution in [0.5, 0.6) is 0 Å². The van der Waals surface area contributed by atoms with Crippen molar-refractivity contribution in [1.82, 2.24) is 15.1 Å². The second kappa shape index (κ2) is 9.67. The first-order valence-corrected chi connectivity index (χ1v) is 13.1. The van der Waals surface area contributed by atoms with Gasteiger partial charge in [0.15, 0.2) is 15.6 Å². The molecule has 0 saturated heterocycles. The van der Waals surface area contributed by atoms with Crippen LogP contribution in [0.1, 0.15) is 11.1 Å². The van der Waals surface area contributed by atoms with Gasteiger partial charge in [-0.2, -0.15) is 5.10 Å². The van der Waals surface area contributed by atoms with E-state index in [1.165, 1.54) is 18.2 Å². The molecule has 7 nitrogen and oxygen atoms in total. The van der Waals surface area contributed by atoms with Gasteiger partial charge in [0.25, 0.3) is 0 Å². The van der Waals surface area contributed by atoms with E-state index in [2.05, 4.69) is 5.32 Å². The van der Waals surface area contributed by atoms with Crippen LogP contribution in [0.3, 0.4) is 0 Å². The number of furan rings is 1. The van der Waals surface area contributed by atoms with Gasteiger partial charge in [0.05, 0.1) is 10.6 Å². The Kier molecular flexibility index (Phi) is 6.26. The van der Waals surface area contributed by atoms with Crippen LogP contribution in [-0.4, -0.2) is 30.4 Å². The SMILES string of the molecule is CS(=O)(=O)c1ccc(CNC(=O)C=Cc2cn(-c3ccccc3)nc2-c2cc3ccccc3o2)cc1. The third kappa shape index (κ3) is 5.13. The van der Waals surface area contributed by atoms with Gasteiger partial charge in [0.1, 0.15) is 11.3 Å². The van der Waals surface area contributed by atoms with Crippen LogP contribution < -0.4 is 5.32 Å². The number of carbonyl (C=O) groups excluding carboxylic acids is 1. The van der Waals surface area contributed by atoms with Crippen LogP contribution >= 0.6 is 0 Å². The molecule has 0 fully saturated rings. The van der Waals surface area contributed by atoms with Crippen LogP contribution in [0.25, 0.3) is 34.2 Å². The van der Waals surface area contributed by atoms with Crippen molar-refractivity contribution in [3.63, 3.8) is 0 Å². The lowest BCUT2D eigenvalue weighted by atomic mass is 10.1. The van der Waals surface area contributed by atoms with Crippen molar-refractivity contribution >= 4 is 32.8 Å². The maximum absolute atomic E-state index is 12.5. The summed E-state index contributed by atoms with van der Waals surface area (Å²) >= 11 is 0. The second-order valence-corrected chi connectivity index (χ2v) is 10.3. The smallest absolute Gasteiger partial charge is 0.244 e. The molecule has 0 radical (unpaired) electrons. The van der Waals surface area contributed by atoms with Gasteiger partial charge in [-0.15, -0.1) is 0 Å². The zero-order valence-electron chi connectivity index (χ0n) is 19.5. The second-order valence-electron chi connectivity index (χ2n) is 8.33. The number of aromatic nitrogens is 2. The lowest BCUT2D eigenvalue weighted by molar-refractivity contribution is -0.116. The third-order valence-electron chi connectivity index (χ3n) is 5.65. The molecule has 180 valence electrons. The summed E-state index contributed by atoms with van der Waals surface area (Å²) in [4.78, 5) is 12.8. The molecule has 0 spiro atoms. The van der Waals surface area contributed by atoms with Crippen molar-refractivity contribution in [3.8, 4) is 17.1 Å². The van der Waals surface area contributed by atoms with E-state index in [1.807, 2.05) is 66.9 Å². The Morgan fingerprint density at radius 1 is 1.00 bits per heavy atom. The molecular weight excluding hydrogens is 474 g/mol. The van der Waals surface area contributed by atoms with Crippen LogP contribution in [-0.2, 0) is 21.2 Å². The zero-order valence-corrected chi connectivity index (χ0v) is 20.3. The van der Waals surface area contributed by atoms with Crippen LogP contribution in [0, 0.1) is 0 Å². The van der Waals surface area contributed by atoms with Crippen LogP contribution in [0.15, 0.2) is 107 Å². The summed E-state index contributed by atoms with van der Waals surface area (Å²) in [7, 11) is -3.26. The van der Waals surface area contributed by atoms with Crippen LogP contribution in [0.4, 0.5) is 0 Å². The summed E-state index contributed by atoms with van der Waals surface area (Å²) in [5, 5.41) is 8.53. The minimum atomic E-state index is -3.26. The molecule has 2 aromatic heterocycles. The fraction of sp³-hybridized carbons (Fsp3) is 0.0714. The molecule has 0 bridgehead atoms. The molecular formula is C28H23N3O4S. The highest BCUT2D eigenvalue weighted by Gasteiger charge is 2.15. The van der Waals surface area contributed by atoms with E-state index >= 15 is 0 Å². The largest absolute Gasteiger partial charge is 0.454 e. The molecule has 36 heavy (non-hydrogen) atoms. The van der Waals surface area contributed by atoms with Gasteiger partial charge in [-0.25, -0.2) is 13.1 Å². The summed E-state index contributed by atoms with van der Waals surface area (Å²) in [5.74, 6) is 0.321. The Bertz CT molecular complexity index is 1630. The third-order valence-corrected chi connectivity index (χ3v) is 6.78. The number of sulfone groups is 1. The molecule has 1 amide bonds. The summed E-state index contributed by atoms with van der Waals surface area (Å²) < 4.78 is 31.0. The predicted octanol–water partition coefficient (Wildman–Crippen LogP) is 5.02. The summed E-state index contributed by atoms with van der Waals surface area (Å²) in [6, 6.07) is 25.8. The molecule has 3 aromatic carbocycles. The summed E-state index contributed by atoms with van der Waals surface area (Å²) in [6.45, 7) is 0.271. The maximum Gasteiger partial charge on any atom is 0.244 e. The Morgan fingerprint density at radius 2 is 1.72 bits per heavy atom. The van der Waals surface area contributed by atoms with Gasteiger partial charge in [-0.1, -0.05) is 48.5 Å². The standard InChI is InChI=1S/C28H23N3O4S/c1-36(33,34)24-14-11-20(12-15-24)18-29-27(32)16-13-22-19-31(23-8-3-2-4-9-23)30-28(22)26-17-21-7-5-6-10-25(21)35-26/h2-17,19H,18H2,1H3,(H,29,32). The van der Waals surface area contributed by atoms with Crippen molar-refractivity contribution < 1.29 is 17.6 Å². The van der Waals surface area contributed by atoms with Crippen LogP contribution in [0.2, 0.25) is 0 Å². The van der Waals surface area contributed by atoms with Gasteiger partial charge in [0, 0.05) is 36.0 Å². The van der Waals surface area contributed by atoms with E-state index in [0.29, 0.717) is 11.5 Å². The minimum absolute atomic E-state index is 0.242. The van der Waals surface area contributed by atoms with Gasteiger partial charge in [-0.05, 0) is 48.0 Å². The number of nitrogens with zero attached hydrogens (tertiary/aromatic N) is 2. The van der Waals surface area contributed by atoms with Gasteiger partial charge in [0.2, 0.25) is 5.91 Å². The molecule has 5 aromatic rings. The normalized spacial score (nSPS) is 11.8. The Morgan fingerprint density at radius 3 is 2.44 bits per heavy atom. The maximum atomic E-state index is 12.5.